The Hall–Kier alpha value is -3.33. The van der Waals surface area contributed by atoms with Gasteiger partial charge in [0.05, 0.1) is 22.1 Å². The van der Waals surface area contributed by atoms with Gasteiger partial charge in [0.25, 0.3) is 18.8 Å². The maximum absolute atomic E-state index is 13.7. The largest absolute Gasteiger partial charge is 0.365 e. The number of carbonyl (C=O) groups is 2. The number of aryl methyl sites for hydroxylation is 1. The molecule has 0 aliphatic heterocycles. The van der Waals surface area contributed by atoms with E-state index in [2.05, 4.69) is 36.4 Å². The summed E-state index contributed by atoms with van der Waals surface area (Å²) in [5, 5.41) is 11.0. The number of amides is 2. The number of aromatic nitrogens is 5. The predicted octanol–water partition coefficient (Wildman–Crippen LogP) is 5.45. The highest BCUT2D eigenvalue weighted by molar-refractivity contribution is 9.10. The van der Waals surface area contributed by atoms with E-state index in [1.165, 1.54) is 16.9 Å². The number of hydrogen-bond acceptors (Lipinski definition) is 6. The summed E-state index contributed by atoms with van der Waals surface area (Å²) in [6.45, 7) is 1.32. The van der Waals surface area contributed by atoms with Crippen LogP contribution in [-0.4, -0.2) is 36.4 Å². The van der Waals surface area contributed by atoms with E-state index in [0.717, 1.165) is 24.2 Å². The van der Waals surface area contributed by atoms with Gasteiger partial charge in [-0.2, -0.15) is 10.2 Å². The molecule has 4 aromatic heterocycles. The molecule has 38 heavy (non-hydrogen) atoms. The number of nitrogens with zero attached hydrogens (tertiary/aromatic N) is 5. The van der Waals surface area contributed by atoms with Gasteiger partial charge in [0.1, 0.15) is 27.6 Å². The number of nitrogens with one attached hydrogen (secondary N) is 1. The molecule has 0 spiro atoms. The average Bonchev–Trinajstić information content (AvgIpc) is 3.42. The van der Waals surface area contributed by atoms with E-state index < -0.39 is 42.6 Å². The number of carbonyl (C=O) groups excluding carboxylic acids is 2. The van der Waals surface area contributed by atoms with Gasteiger partial charge in [-0.15, -0.1) is 11.3 Å². The van der Waals surface area contributed by atoms with E-state index in [0.29, 0.717) is 17.0 Å². The summed E-state index contributed by atoms with van der Waals surface area (Å²) in [5.41, 5.74) is 6.54. The highest BCUT2D eigenvalue weighted by Crippen LogP contribution is 2.46. The smallest absolute Gasteiger partial charge is 0.283 e. The molecule has 5 rings (SSSR count). The molecule has 0 radical (unpaired) electrons. The topological polar surface area (TPSA) is 121 Å². The average molecular weight is 614 g/mol. The summed E-state index contributed by atoms with van der Waals surface area (Å²) in [6, 6.07) is 1.19. The van der Waals surface area contributed by atoms with Crippen LogP contribution in [0.5, 0.6) is 0 Å². The number of thiophene rings is 1. The van der Waals surface area contributed by atoms with E-state index in [9.17, 15) is 27.2 Å². The summed E-state index contributed by atoms with van der Waals surface area (Å²) in [6.07, 6.45) is -2.69. The van der Waals surface area contributed by atoms with Crippen molar-refractivity contribution in [2.24, 2.45) is 12.8 Å². The van der Waals surface area contributed by atoms with Crippen molar-refractivity contribution in [1.29, 1.82) is 0 Å². The molecule has 2 amide bonds. The monoisotopic (exact) mass is 613 g/mol. The summed E-state index contributed by atoms with van der Waals surface area (Å²) >= 11 is 3.96. The van der Waals surface area contributed by atoms with Crippen LogP contribution in [0.2, 0.25) is 0 Å². The van der Waals surface area contributed by atoms with Gasteiger partial charge in [0.2, 0.25) is 5.91 Å². The molecular formula is C23H20BrF4N7O2S. The fourth-order valence-electron chi connectivity index (χ4n) is 4.29. The minimum Gasteiger partial charge on any atom is -0.365 e. The third-order valence-corrected chi connectivity index (χ3v) is 8.25. The van der Waals surface area contributed by atoms with Gasteiger partial charge in [-0.05, 0) is 47.3 Å². The van der Waals surface area contributed by atoms with Crippen molar-refractivity contribution in [2.75, 3.05) is 5.32 Å². The minimum atomic E-state index is -2.89. The highest BCUT2D eigenvalue weighted by atomic mass is 79.9. The van der Waals surface area contributed by atoms with Crippen molar-refractivity contribution in [3.63, 3.8) is 0 Å². The molecule has 4 aromatic rings. The highest BCUT2D eigenvalue weighted by Gasteiger charge is 2.34. The van der Waals surface area contributed by atoms with E-state index >= 15 is 0 Å². The number of nitrogens with two attached hydrogens (primary N) is 1. The molecule has 4 heterocycles. The Kier molecular flexibility index (Phi) is 6.75. The van der Waals surface area contributed by atoms with Crippen LogP contribution < -0.4 is 11.1 Å². The Morgan fingerprint density at radius 2 is 1.95 bits per heavy atom. The quantitative estimate of drug-likeness (QED) is 0.256. The second-order valence-electron chi connectivity index (χ2n) is 8.88. The molecule has 1 fully saturated rings. The first-order valence-electron chi connectivity index (χ1n) is 11.4. The molecule has 3 N–H and O–H groups in total. The zero-order valence-corrected chi connectivity index (χ0v) is 22.3. The lowest BCUT2D eigenvalue weighted by atomic mass is 10.0. The molecule has 200 valence electrons. The first kappa shape index (κ1) is 26.3. The third kappa shape index (κ3) is 4.57. The maximum Gasteiger partial charge on any atom is 0.283 e. The van der Waals surface area contributed by atoms with Gasteiger partial charge < -0.3 is 11.1 Å². The normalized spacial score (nSPS) is 13.7. The SMILES string of the molecule is Cc1c(-c2cc(C(F)F)nc3sc(C(N)=O)c(NC(=O)Cn4nc(C(F)F)c(Br)c4C4CC4)c23)cnn1C. The van der Waals surface area contributed by atoms with Crippen molar-refractivity contribution < 1.29 is 27.2 Å². The lowest BCUT2D eigenvalue weighted by molar-refractivity contribution is -0.117. The minimum absolute atomic E-state index is 0.00217. The molecule has 0 saturated heterocycles. The van der Waals surface area contributed by atoms with Crippen molar-refractivity contribution in [1.82, 2.24) is 24.5 Å². The number of fused-ring (bicyclic) bond motifs is 1. The van der Waals surface area contributed by atoms with Gasteiger partial charge in [-0.25, -0.2) is 22.5 Å². The van der Waals surface area contributed by atoms with Gasteiger partial charge in [-0.1, -0.05) is 0 Å². The maximum atomic E-state index is 13.7. The van der Waals surface area contributed by atoms with Gasteiger partial charge >= 0.3 is 0 Å². The Morgan fingerprint density at radius 1 is 1.24 bits per heavy atom. The molecule has 9 nitrogen and oxygen atoms in total. The van der Waals surface area contributed by atoms with Crippen LogP contribution in [0.1, 0.15) is 64.1 Å². The Bertz CT molecular complexity index is 1590. The van der Waals surface area contributed by atoms with E-state index in [-0.39, 0.29) is 36.7 Å². The number of primary amides is 1. The lowest BCUT2D eigenvalue weighted by Gasteiger charge is -2.12. The fourth-order valence-corrected chi connectivity index (χ4v) is 6.09. The van der Waals surface area contributed by atoms with Crippen molar-refractivity contribution in [3.05, 3.63) is 44.4 Å². The summed E-state index contributed by atoms with van der Waals surface area (Å²) in [4.78, 5) is 29.5. The number of alkyl halides is 4. The number of pyridine rings is 1. The first-order valence-corrected chi connectivity index (χ1v) is 13.0. The molecule has 1 aliphatic rings. The van der Waals surface area contributed by atoms with Crippen molar-refractivity contribution in [2.45, 2.75) is 45.1 Å². The van der Waals surface area contributed by atoms with Gasteiger partial charge in [-0.3, -0.25) is 19.0 Å². The third-order valence-electron chi connectivity index (χ3n) is 6.34. The van der Waals surface area contributed by atoms with Gasteiger partial charge in [0.15, 0.2) is 0 Å². The zero-order valence-electron chi connectivity index (χ0n) is 19.9. The van der Waals surface area contributed by atoms with Crippen LogP contribution in [0, 0.1) is 6.92 Å². The molecule has 15 heteroatoms. The standard InChI is InChI=1S/C23H20BrF4N7O2S/c1-8-11(6-30-34(8)2)10-5-12(20(25)26)31-23-14(10)16(19(38-23)22(29)37)32-13(36)7-35-18(9-3-4-9)15(24)17(33-35)21(27)28/h5-6,9,20-21H,3-4,7H2,1-2H3,(H2,29,37)(H,32,36). The van der Waals surface area contributed by atoms with E-state index in [4.69, 9.17) is 5.73 Å². The number of halogens is 5. The van der Waals surface area contributed by atoms with Crippen molar-refractivity contribution >= 4 is 55.0 Å². The Balaban J connectivity index is 1.61. The Morgan fingerprint density at radius 3 is 2.50 bits per heavy atom. The van der Waals surface area contributed by atoms with Crippen LogP contribution in [-0.2, 0) is 18.4 Å². The van der Waals surface area contributed by atoms with Crippen molar-refractivity contribution in [3.8, 4) is 11.1 Å². The number of anilines is 1. The van der Waals surface area contributed by atoms with Crippen LogP contribution in [0.25, 0.3) is 21.3 Å². The second kappa shape index (κ2) is 9.76. The molecule has 1 aliphatic carbocycles. The predicted molar refractivity (Wildman–Crippen MR) is 136 cm³/mol. The number of rotatable bonds is 8. The van der Waals surface area contributed by atoms with Crippen LogP contribution in [0.4, 0.5) is 23.2 Å². The van der Waals surface area contributed by atoms with Crippen LogP contribution >= 0.6 is 27.3 Å². The number of hydrogen-bond donors (Lipinski definition) is 2. The fraction of sp³-hybridized carbons (Fsp3) is 0.348. The molecule has 1 saturated carbocycles. The van der Waals surface area contributed by atoms with E-state index in [1.54, 1.807) is 18.7 Å². The first-order chi connectivity index (χ1) is 18.0. The van der Waals surface area contributed by atoms with E-state index in [1.807, 2.05) is 0 Å². The summed E-state index contributed by atoms with van der Waals surface area (Å²) in [5.74, 6) is -1.56. The molecule has 0 unspecified atom stereocenters. The van der Waals surface area contributed by atoms with Crippen LogP contribution in [0.3, 0.4) is 0 Å². The molecule has 0 bridgehead atoms. The summed E-state index contributed by atoms with van der Waals surface area (Å²) in [7, 11) is 1.68. The zero-order chi connectivity index (χ0) is 27.5. The molecular weight excluding hydrogens is 594 g/mol. The second-order valence-corrected chi connectivity index (χ2v) is 10.7. The lowest BCUT2D eigenvalue weighted by Crippen LogP contribution is -2.22. The van der Waals surface area contributed by atoms with Gasteiger partial charge in [0, 0.05) is 29.6 Å². The van der Waals surface area contributed by atoms with Crippen LogP contribution in [0.15, 0.2) is 16.7 Å². The molecule has 0 aromatic carbocycles. The Labute approximate surface area is 225 Å². The summed E-state index contributed by atoms with van der Waals surface area (Å²) < 4.78 is 57.3. The molecule has 0 atom stereocenters.